The van der Waals surface area contributed by atoms with Gasteiger partial charge in [-0.15, -0.1) is 11.6 Å². The number of aliphatic hydroxyl groups excluding tert-OH is 1. The van der Waals surface area contributed by atoms with Crippen molar-refractivity contribution in [2.24, 2.45) is 0 Å². The number of aliphatic carboxylic acids is 1. The van der Waals surface area contributed by atoms with E-state index in [0.717, 1.165) is 0 Å². The number of alkyl halides is 1. The predicted molar refractivity (Wildman–Crippen MR) is 63.2 cm³/mol. The first-order chi connectivity index (χ1) is 7.95. The van der Waals surface area contributed by atoms with Crippen LogP contribution in [0.25, 0.3) is 0 Å². The number of carboxylic acids is 1. The summed E-state index contributed by atoms with van der Waals surface area (Å²) in [7, 11) is 0. The highest BCUT2D eigenvalue weighted by Gasteiger charge is 2.18. The Kier molecular flexibility index (Phi) is 4.66. The zero-order valence-electron chi connectivity index (χ0n) is 9.31. The average molecular weight is 257 g/mol. The van der Waals surface area contributed by atoms with Crippen LogP contribution in [-0.4, -0.2) is 27.8 Å². The maximum absolute atomic E-state index is 11.2. The van der Waals surface area contributed by atoms with Gasteiger partial charge in [-0.05, 0) is 23.6 Å². The van der Waals surface area contributed by atoms with Gasteiger partial charge < -0.3 is 10.2 Å². The summed E-state index contributed by atoms with van der Waals surface area (Å²) in [5, 5.41) is 18.2. The van der Waals surface area contributed by atoms with Crippen LogP contribution in [0.3, 0.4) is 0 Å². The Morgan fingerprint density at radius 1 is 1.41 bits per heavy atom. The predicted octanol–water partition coefficient (Wildman–Crippen LogP) is 1.46. The maximum Gasteiger partial charge on any atom is 0.337 e. The lowest BCUT2D eigenvalue weighted by Crippen LogP contribution is -2.13. The molecule has 0 aliphatic rings. The fraction of sp³-hybridized carbons (Fsp3) is 0.333. The van der Waals surface area contributed by atoms with Gasteiger partial charge in [0.2, 0.25) is 0 Å². The Bertz CT molecular complexity index is 442. The highest BCUT2D eigenvalue weighted by atomic mass is 35.5. The summed E-state index contributed by atoms with van der Waals surface area (Å²) in [4.78, 5) is 21.9. The smallest absolute Gasteiger partial charge is 0.337 e. The summed E-state index contributed by atoms with van der Waals surface area (Å²) in [5.41, 5.74) is 1.62. The molecule has 0 spiro atoms. The van der Waals surface area contributed by atoms with Gasteiger partial charge in [0.25, 0.3) is 0 Å². The normalized spacial score (nSPS) is 12.2. The molecule has 0 aromatic heterocycles. The van der Waals surface area contributed by atoms with Gasteiger partial charge in [0, 0.05) is 6.42 Å². The molecule has 0 radical (unpaired) electrons. The molecule has 1 unspecified atom stereocenters. The standard InChI is InChI=1S/C12H13ClO4/c1-7-2-3-8(4-9(14)6-13)5-10(7)11(15)12(16)17/h2-3,5,11,15H,4,6H2,1H3,(H,16,17). The molecule has 2 N–H and O–H groups in total. The number of rotatable bonds is 5. The minimum absolute atomic E-state index is 0.0787. The molecule has 0 aliphatic heterocycles. The first kappa shape index (κ1) is 13.7. The molecule has 0 heterocycles. The summed E-state index contributed by atoms with van der Waals surface area (Å²) in [6.07, 6.45) is -1.43. The van der Waals surface area contributed by atoms with E-state index in [-0.39, 0.29) is 18.1 Å². The van der Waals surface area contributed by atoms with Crippen molar-refractivity contribution < 1.29 is 19.8 Å². The van der Waals surface area contributed by atoms with Gasteiger partial charge in [-0.3, -0.25) is 4.79 Å². The zero-order chi connectivity index (χ0) is 13.0. The molecule has 1 atom stereocenters. The number of Topliss-reactive ketones (excluding diaryl/α,β-unsaturated/α-hetero) is 1. The number of hydrogen-bond acceptors (Lipinski definition) is 3. The molecule has 0 amide bonds. The van der Waals surface area contributed by atoms with Crippen molar-refractivity contribution in [2.45, 2.75) is 19.4 Å². The molecule has 5 heteroatoms. The minimum atomic E-state index is -1.57. The van der Waals surface area contributed by atoms with Crippen LogP contribution in [0.15, 0.2) is 18.2 Å². The van der Waals surface area contributed by atoms with E-state index in [1.165, 1.54) is 6.07 Å². The van der Waals surface area contributed by atoms with Crippen molar-refractivity contribution in [1.82, 2.24) is 0 Å². The Morgan fingerprint density at radius 2 is 2.06 bits per heavy atom. The number of halogens is 1. The van der Waals surface area contributed by atoms with E-state index >= 15 is 0 Å². The van der Waals surface area contributed by atoms with Crippen LogP contribution in [0.1, 0.15) is 22.8 Å². The zero-order valence-corrected chi connectivity index (χ0v) is 10.1. The summed E-state index contributed by atoms with van der Waals surface area (Å²) >= 11 is 5.39. The highest BCUT2D eigenvalue weighted by molar-refractivity contribution is 6.27. The molecule has 0 saturated carbocycles. The van der Waals surface area contributed by atoms with Crippen molar-refractivity contribution in [3.05, 3.63) is 34.9 Å². The van der Waals surface area contributed by atoms with Gasteiger partial charge in [0.05, 0.1) is 5.88 Å². The fourth-order valence-corrected chi connectivity index (χ4v) is 1.60. The van der Waals surface area contributed by atoms with Crippen molar-refractivity contribution >= 4 is 23.4 Å². The van der Waals surface area contributed by atoms with Crippen LogP contribution in [-0.2, 0) is 16.0 Å². The molecular formula is C12H13ClO4. The molecule has 4 nitrogen and oxygen atoms in total. The second-order valence-corrected chi connectivity index (χ2v) is 4.05. The second kappa shape index (κ2) is 5.80. The van der Waals surface area contributed by atoms with Gasteiger partial charge in [0.1, 0.15) is 0 Å². The topological polar surface area (TPSA) is 74.6 Å². The Balaban J connectivity index is 3.02. The number of carbonyl (C=O) groups is 2. The van der Waals surface area contributed by atoms with E-state index in [0.29, 0.717) is 16.7 Å². The number of ketones is 1. The monoisotopic (exact) mass is 256 g/mol. The van der Waals surface area contributed by atoms with Crippen LogP contribution < -0.4 is 0 Å². The molecule has 0 bridgehead atoms. The molecule has 1 aromatic rings. The van der Waals surface area contributed by atoms with E-state index in [1.807, 2.05) is 0 Å². The summed E-state index contributed by atoms with van der Waals surface area (Å²) in [5.74, 6) is -1.54. The van der Waals surface area contributed by atoms with E-state index in [9.17, 15) is 14.7 Å². The summed E-state index contributed by atoms with van der Waals surface area (Å²) in [6.45, 7) is 1.70. The first-order valence-electron chi connectivity index (χ1n) is 5.03. The average Bonchev–Trinajstić information content (AvgIpc) is 2.30. The Morgan fingerprint density at radius 3 is 2.59 bits per heavy atom. The van der Waals surface area contributed by atoms with Crippen LogP contribution in [0.4, 0.5) is 0 Å². The third kappa shape index (κ3) is 3.54. The van der Waals surface area contributed by atoms with E-state index in [4.69, 9.17) is 16.7 Å². The number of carboxylic acid groups (broad SMARTS) is 1. The molecule has 1 aromatic carbocycles. The van der Waals surface area contributed by atoms with E-state index in [2.05, 4.69) is 0 Å². The molecule has 0 aliphatic carbocycles. The van der Waals surface area contributed by atoms with Gasteiger partial charge in [-0.2, -0.15) is 0 Å². The number of aliphatic hydroxyl groups is 1. The Hall–Kier alpha value is -1.39. The van der Waals surface area contributed by atoms with Crippen LogP contribution in [0, 0.1) is 6.92 Å². The highest BCUT2D eigenvalue weighted by Crippen LogP contribution is 2.20. The maximum atomic E-state index is 11.2. The fourth-order valence-electron chi connectivity index (χ4n) is 1.50. The third-order valence-electron chi connectivity index (χ3n) is 2.42. The van der Waals surface area contributed by atoms with Gasteiger partial charge in [-0.25, -0.2) is 4.79 Å². The van der Waals surface area contributed by atoms with Crippen LogP contribution in [0.2, 0.25) is 0 Å². The lowest BCUT2D eigenvalue weighted by Gasteiger charge is -2.11. The van der Waals surface area contributed by atoms with Crippen molar-refractivity contribution in [2.75, 3.05) is 5.88 Å². The minimum Gasteiger partial charge on any atom is -0.479 e. The largest absolute Gasteiger partial charge is 0.479 e. The summed E-state index contributed by atoms with van der Waals surface area (Å²) in [6, 6.07) is 4.93. The lowest BCUT2D eigenvalue weighted by atomic mass is 9.98. The quantitative estimate of drug-likeness (QED) is 0.783. The van der Waals surface area contributed by atoms with Gasteiger partial charge >= 0.3 is 5.97 Å². The Labute approximate surface area is 104 Å². The molecule has 92 valence electrons. The van der Waals surface area contributed by atoms with Crippen LogP contribution in [0.5, 0.6) is 0 Å². The molecule has 17 heavy (non-hydrogen) atoms. The number of benzene rings is 1. The van der Waals surface area contributed by atoms with Gasteiger partial charge in [-0.1, -0.05) is 18.2 Å². The van der Waals surface area contributed by atoms with Crippen molar-refractivity contribution in [3.8, 4) is 0 Å². The number of carbonyl (C=O) groups excluding carboxylic acids is 1. The third-order valence-corrected chi connectivity index (χ3v) is 2.72. The number of hydrogen-bond donors (Lipinski definition) is 2. The molecular weight excluding hydrogens is 244 g/mol. The SMILES string of the molecule is Cc1ccc(CC(=O)CCl)cc1C(O)C(=O)O. The van der Waals surface area contributed by atoms with E-state index < -0.39 is 12.1 Å². The van der Waals surface area contributed by atoms with Crippen molar-refractivity contribution in [3.63, 3.8) is 0 Å². The molecule has 0 saturated heterocycles. The first-order valence-corrected chi connectivity index (χ1v) is 5.57. The van der Waals surface area contributed by atoms with Crippen LogP contribution >= 0.6 is 11.6 Å². The lowest BCUT2D eigenvalue weighted by molar-refractivity contribution is -0.147. The van der Waals surface area contributed by atoms with E-state index in [1.54, 1.807) is 19.1 Å². The molecule has 0 fully saturated rings. The van der Waals surface area contributed by atoms with Gasteiger partial charge in [0.15, 0.2) is 11.9 Å². The second-order valence-electron chi connectivity index (χ2n) is 3.78. The summed E-state index contributed by atoms with van der Waals surface area (Å²) < 4.78 is 0. The van der Waals surface area contributed by atoms with Crippen molar-refractivity contribution in [1.29, 1.82) is 0 Å². The molecule has 1 rings (SSSR count). The number of aryl methyl sites for hydroxylation is 1.